The zero-order valence-electron chi connectivity index (χ0n) is 15.6. The van der Waals surface area contributed by atoms with Gasteiger partial charge in [-0.1, -0.05) is 34.1 Å². The van der Waals surface area contributed by atoms with Crippen LogP contribution in [-0.2, 0) is 21.2 Å². The van der Waals surface area contributed by atoms with Crippen LogP contribution in [0.5, 0.6) is 0 Å². The molecule has 0 radical (unpaired) electrons. The Morgan fingerprint density at radius 1 is 0.900 bits per heavy atom. The van der Waals surface area contributed by atoms with Crippen LogP contribution in [0.1, 0.15) is 15.9 Å². The molecule has 3 rings (SSSR count). The van der Waals surface area contributed by atoms with Gasteiger partial charge in [-0.3, -0.25) is 14.3 Å². The minimum Gasteiger partial charge on any atom is -0.369 e. The van der Waals surface area contributed by atoms with Gasteiger partial charge in [0.05, 0.1) is 11.3 Å². The summed E-state index contributed by atoms with van der Waals surface area (Å²) in [5.74, 6) is -0.837. The van der Waals surface area contributed by atoms with Gasteiger partial charge in [0.15, 0.2) is 0 Å². The first-order valence-corrected chi connectivity index (χ1v) is 11.1. The van der Waals surface area contributed by atoms with Crippen LogP contribution in [-0.4, -0.2) is 20.2 Å². The number of benzene rings is 3. The largest absolute Gasteiger partial charge is 0.369 e. The van der Waals surface area contributed by atoms with E-state index in [-0.39, 0.29) is 22.6 Å². The Kier molecular flexibility index (Phi) is 6.53. The second-order valence-corrected chi connectivity index (χ2v) is 9.03. The molecule has 0 saturated heterocycles. The first-order chi connectivity index (χ1) is 14.2. The summed E-state index contributed by atoms with van der Waals surface area (Å²) in [6.07, 6.45) is 0.120. The molecule has 154 valence electrons. The Labute approximate surface area is 182 Å². The number of nitrogens with two attached hydrogens (primary N) is 1. The molecule has 0 unspecified atom stereocenters. The molecule has 0 bridgehead atoms. The van der Waals surface area contributed by atoms with E-state index in [1.54, 1.807) is 54.6 Å². The highest BCUT2D eigenvalue weighted by Gasteiger charge is 2.15. The van der Waals surface area contributed by atoms with Crippen molar-refractivity contribution in [3.8, 4) is 0 Å². The smallest absolute Gasteiger partial charge is 0.261 e. The minimum atomic E-state index is -3.79. The van der Waals surface area contributed by atoms with Gasteiger partial charge in [-0.25, -0.2) is 8.42 Å². The van der Waals surface area contributed by atoms with E-state index in [0.29, 0.717) is 5.69 Å². The van der Waals surface area contributed by atoms with E-state index < -0.39 is 21.8 Å². The lowest BCUT2D eigenvalue weighted by atomic mass is 10.1. The predicted molar refractivity (Wildman–Crippen MR) is 119 cm³/mol. The number of primary amides is 1. The molecule has 0 aromatic heterocycles. The number of nitrogens with one attached hydrogen (secondary N) is 2. The fraction of sp³-hybridized carbons (Fsp3) is 0.0476. The lowest BCUT2D eigenvalue weighted by Gasteiger charge is -2.10. The van der Waals surface area contributed by atoms with Crippen molar-refractivity contribution in [3.05, 3.63) is 88.4 Å². The van der Waals surface area contributed by atoms with Crippen molar-refractivity contribution in [2.45, 2.75) is 11.3 Å². The molecule has 0 aliphatic rings. The van der Waals surface area contributed by atoms with Gasteiger partial charge in [0.1, 0.15) is 0 Å². The Morgan fingerprint density at radius 2 is 1.57 bits per heavy atom. The Balaban J connectivity index is 1.72. The van der Waals surface area contributed by atoms with Crippen molar-refractivity contribution in [3.63, 3.8) is 0 Å². The minimum absolute atomic E-state index is 0.108. The highest BCUT2D eigenvalue weighted by atomic mass is 79.9. The van der Waals surface area contributed by atoms with E-state index in [2.05, 4.69) is 26.0 Å². The summed E-state index contributed by atoms with van der Waals surface area (Å²) in [6, 6.07) is 19.1. The fourth-order valence-corrected chi connectivity index (χ4v) is 3.98. The standard InChI is InChI=1S/C21H18BrN3O4S/c22-16-6-10-19(11-7-16)30(28,29)25-18-3-1-2-15(13-18)21(27)24-17-8-4-14(5-9-17)12-20(23)26/h1-11,13,25H,12H2,(H2,23,26)(H,24,27). The first-order valence-electron chi connectivity index (χ1n) is 8.80. The maximum atomic E-state index is 12.5. The zero-order chi connectivity index (χ0) is 21.7. The average molecular weight is 488 g/mol. The van der Waals surface area contributed by atoms with Gasteiger partial charge in [-0.15, -0.1) is 0 Å². The first kappa shape index (κ1) is 21.5. The van der Waals surface area contributed by atoms with E-state index >= 15 is 0 Å². The molecular weight excluding hydrogens is 470 g/mol. The molecule has 3 aromatic rings. The van der Waals surface area contributed by atoms with E-state index in [4.69, 9.17) is 5.73 Å². The predicted octanol–water partition coefficient (Wildman–Crippen LogP) is 3.53. The summed E-state index contributed by atoms with van der Waals surface area (Å²) in [5.41, 5.74) is 6.99. The van der Waals surface area contributed by atoms with Crippen molar-refractivity contribution in [1.82, 2.24) is 0 Å². The van der Waals surface area contributed by atoms with Gasteiger partial charge < -0.3 is 11.1 Å². The number of hydrogen-bond acceptors (Lipinski definition) is 4. The van der Waals surface area contributed by atoms with Crippen LogP contribution < -0.4 is 15.8 Å². The lowest BCUT2D eigenvalue weighted by molar-refractivity contribution is -0.117. The summed E-state index contributed by atoms with van der Waals surface area (Å²) in [7, 11) is -3.79. The van der Waals surface area contributed by atoms with Gasteiger partial charge in [0.25, 0.3) is 15.9 Å². The van der Waals surface area contributed by atoms with Gasteiger partial charge in [0.2, 0.25) is 5.91 Å². The van der Waals surface area contributed by atoms with Crippen LogP contribution in [0.25, 0.3) is 0 Å². The van der Waals surface area contributed by atoms with Crippen LogP contribution in [0.3, 0.4) is 0 Å². The molecular formula is C21H18BrN3O4S. The second kappa shape index (κ2) is 9.10. The number of halogens is 1. The Morgan fingerprint density at radius 3 is 2.20 bits per heavy atom. The van der Waals surface area contributed by atoms with Crippen LogP contribution in [0, 0.1) is 0 Å². The number of rotatable bonds is 7. The molecule has 0 aliphatic heterocycles. The van der Waals surface area contributed by atoms with Crippen LogP contribution >= 0.6 is 15.9 Å². The van der Waals surface area contributed by atoms with E-state index in [0.717, 1.165) is 10.0 Å². The van der Waals surface area contributed by atoms with Crippen LogP contribution in [0.2, 0.25) is 0 Å². The van der Waals surface area contributed by atoms with E-state index in [1.165, 1.54) is 18.2 Å². The average Bonchev–Trinajstić information content (AvgIpc) is 2.69. The molecule has 2 amide bonds. The quantitative estimate of drug-likeness (QED) is 0.472. The molecule has 0 spiro atoms. The molecule has 30 heavy (non-hydrogen) atoms. The van der Waals surface area contributed by atoms with Crippen molar-refractivity contribution < 1.29 is 18.0 Å². The number of sulfonamides is 1. The Hall–Kier alpha value is -3.17. The number of carbonyl (C=O) groups excluding carboxylic acids is 2. The fourth-order valence-electron chi connectivity index (χ4n) is 2.66. The third kappa shape index (κ3) is 5.68. The lowest BCUT2D eigenvalue weighted by Crippen LogP contribution is -2.15. The van der Waals surface area contributed by atoms with Crippen molar-refractivity contribution in [2.75, 3.05) is 10.0 Å². The van der Waals surface area contributed by atoms with Crippen LogP contribution in [0.4, 0.5) is 11.4 Å². The number of carbonyl (C=O) groups is 2. The maximum absolute atomic E-state index is 12.5. The summed E-state index contributed by atoms with van der Waals surface area (Å²) < 4.78 is 28.3. The molecule has 4 N–H and O–H groups in total. The summed E-state index contributed by atoms with van der Waals surface area (Å²) >= 11 is 3.27. The molecule has 0 atom stereocenters. The van der Waals surface area contributed by atoms with Crippen molar-refractivity contribution in [2.24, 2.45) is 5.73 Å². The normalized spacial score (nSPS) is 11.0. The molecule has 3 aromatic carbocycles. The number of anilines is 2. The summed E-state index contributed by atoms with van der Waals surface area (Å²) in [4.78, 5) is 23.6. The van der Waals surface area contributed by atoms with Gasteiger partial charge in [-0.2, -0.15) is 0 Å². The maximum Gasteiger partial charge on any atom is 0.261 e. The molecule has 0 heterocycles. The topological polar surface area (TPSA) is 118 Å². The van der Waals surface area contributed by atoms with Gasteiger partial charge >= 0.3 is 0 Å². The third-order valence-electron chi connectivity index (χ3n) is 4.09. The molecule has 0 aliphatic carbocycles. The Bertz CT molecular complexity index is 1180. The van der Waals surface area contributed by atoms with E-state index in [1.807, 2.05) is 0 Å². The van der Waals surface area contributed by atoms with Gasteiger partial charge in [0, 0.05) is 21.4 Å². The third-order valence-corrected chi connectivity index (χ3v) is 6.02. The summed E-state index contributed by atoms with van der Waals surface area (Å²) in [5, 5.41) is 2.73. The highest BCUT2D eigenvalue weighted by Crippen LogP contribution is 2.20. The number of hydrogen-bond donors (Lipinski definition) is 3. The van der Waals surface area contributed by atoms with Crippen molar-refractivity contribution >= 4 is 49.1 Å². The SMILES string of the molecule is NC(=O)Cc1ccc(NC(=O)c2cccc(NS(=O)(=O)c3ccc(Br)cc3)c2)cc1. The van der Waals surface area contributed by atoms with Crippen molar-refractivity contribution in [1.29, 1.82) is 0 Å². The molecule has 9 heteroatoms. The molecule has 0 fully saturated rings. The second-order valence-electron chi connectivity index (χ2n) is 6.43. The monoisotopic (exact) mass is 487 g/mol. The highest BCUT2D eigenvalue weighted by molar-refractivity contribution is 9.10. The summed E-state index contributed by atoms with van der Waals surface area (Å²) in [6.45, 7) is 0. The molecule has 0 saturated carbocycles. The van der Waals surface area contributed by atoms with Crippen LogP contribution in [0.15, 0.2) is 82.2 Å². The zero-order valence-corrected chi connectivity index (χ0v) is 18.0. The number of amides is 2. The molecule has 7 nitrogen and oxygen atoms in total. The van der Waals surface area contributed by atoms with E-state index in [9.17, 15) is 18.0 Å². The van der Waals surface area contributed by atoms with Gasteiger partial charge in [-0.05, 0) is 60.2 Å².